The molecule has 0 amide bonds. The molecule has 0 spiro atoms. The molecule has 62 valence electrons. The van der Waals surface area contributed by atoms with Crippen LogP contribution < -0.4 is 0 Å². The number of nitrogens with zero attached hydrogens (tertiary/aromatic N) is 2. The first-order chi connectivity index (χ1) is 4.99. The van der Waals surface area contributed by atoms with Gasteiger partial charge in [-0.25, -0.2) is 0 Å². The normalized spacial score (nSPS) is 12.0. The third-order valence-electron chi connectivity index (χ3n) is 1.64. The molecule has 0 aliphatic carbocycles. The molecule has 0 aliphatic heterocycles. The molecule has 1 aromatic heterocycles. The molecule has 0 bridgehead atoms. The van der Waals surface area contributed by atoms with E-state index in [4.69, 9.17) is 0 Å². The van der Waals surface area contributed by atoms with Crippen molar-refractivity contribution in [1.82, 2.24) is 4.57 Å². The summed E-state index contributed by atoms with van der Waals surface area (Å²) in [6, 6.07) is 4.19. The van der Waals surface area contributed by atoms with Gasteiger partial charge in [0.2, 0.25) is 0 Å². The minimum Gasteiger partial charge on any atom is -0.457 e. The molecule has 0 radical (unpaired) electrons. The molecule has 1 aromatic rings. The first-order valence-electron chi connectivity index (χ1n) is 3.76. The monoisotopic (exact) mass is 152 g/mol. The van der Waals surface area contributed by atoms with Gasteiger partial charge in [0.25, 0.3) is 0 Å². The number of aromatic nitrogens is 1. The van der Waals surface area contributed by atoms with Crippen molar-refractivity contribution in [2.24, 2.45) is 7.05 Å². The number of hydrogen-bond donors (Lipinski definition) is 0. The minimum absolute atomic E-state index is 0.734. The van der Waals surface area contributed by atoms with E-state index in [1.807, 2.05) is 0 Å². The Morgan fingerprint density at radius 3 is 2.55 bits per heavy atom. The zero-order valence-corrected chi connectivity index (χ0v) is 7.54. The third-order valence-corrected chi connectivity index (χ3v) is 1.64. The van der Waals surface area contributed by atoms with Crippen molar-refractivity contribution in [3.8, 4) is 0 Å². The second-order valence-electron chi connectivity index (χ2n) is 3.70. The van der Waals surface area contributed by atoms with E-state index in [-0.39, 0.29) is 0 Å². The Morgan fingerprint density at radius 1 is 1.55 bits per heavy atom. The predicted octanol–water partition coefficient (Wildman–Crippen LogP) is 1.39. The molecule has 0 fully saturated rings. The predicted molar refractivity (Wildman–Crippen MR) is 46.6 cm³/mol. The molecule has 1 rings (SSSR count). The van der Waals surface area contributed by atoms with E-state index in [1.54, 1.807) is 0 Å². The van der Waals surface area contributed by atoms with Gasteiger partial charge in [-0.3, -0.25) is 0 Å². The van der Waals surface area contributed by atoms with E-state index >= 15 is 0 Å². The summed E-state index contributed by atoms with van der Waals surface area (Å²) in [5, 5.41) is 0. The maximum absolute atomic E-state index is 4.01. The van der Waals surface area contributed by atoms with Crippen molar-refractivity contribution in [3.63, 3.8) is 0 Å². The highest BCUT2D eigenvalue weighted by Gasteiger charge is 2.04. The molecule has 1 heterocycles. The Morgan fingerprint density at radius 2 is 2.18 bits per heavy atom. The smallest absolute Gasteiger partial charge is 0.0951 e. The van der Waals surface area contributed by atoms with Gasteiger partial charge < -0.3 is 9.05 Å². The highest BCUT2D eigenvalue weighted by atomic mass is 15.3. The number of rotatable bonds is 2. The van der Waals surface area contributed by atoms with E-state index < -0.39 is 0 Å². The quantitative estimate of drug-likeness (QED) is 0.446. The summed E-state index contributed by atoms with van der Waals surface area (Å²) in [5.41, 5.74) is 1.32. The highest BCUT2D eigenvalue weighted by Crippen LogP contribution is 2.06. The molecule has 0 unspecified atom stereocenters. The molecule has 11 heavy (non-hydrogen) atoms. The van der Waals surface area contributed by atoms with Gasteiger partial charge in [-0.05, 0) is 12.1 Å². The lowest BCUT2D eigenvalue weighted by Crippen LogP contribution is -2.31. The molecule has 0 aromatic carbocycles. The summed E-state index contributed by atoms with van der Waals surface area (Å²) in [5.74, 6) is 0. The van der Waals surface area contributed by atoms with Gasteiger partial charge in [-0.1, -0.05) is 0 Å². The van der Waals surface area contributed by atoms with E-state index in [0.717, 1.165) is 11.0 Å². The average molecular weight is 152 g/mol. The third kappa shape index (κ3) is 2.39. The summed E-state index contributed by atoms with van der Waals surface area (Å²) in [6.07, 6.45) is 2.06. The Kier molecular flexibility index (Phi) is 2.05. The van der Waals surface area contributed by atoms with E-state index in [1.165, 1.54) is 5.69 Å². The highest BCUT2D eigenvalue weighted by molar-refractivity contribution is 5.04. The van der Waals surface area contributed by atoms with Crippen molar-refractivity contribution < 1.29 is 4.48 Å². The number of quaternary nitrogens is 1. The van der Waals surface area contributed by atoms with Crippen LogP contribution in [0.5, 0.6) is 0 Å². The first kappa shape index (κ1) is 8.34. The molecule has 0 atom stereocenters. The Labute approximate surface area is 68.6 Å². The molecule has 0 saturated carbocycles. The fourth-order valence-electron chi connectivity index (χ4n) is 1.10. The largest absolute Gasteiger partial charge is 0.457 e. The maximum Gasteiger partial charge on any atom is 0.0951 e. The van der Waals surface area contributed by atoms with Gasteiger partial charge in [0.15, 0.2) is 0 Å². The number of aryl methyl sites for hydroxylation is 1. The fourth-order valence-corrected chi connectivity index (χ4v) is 1.10. The van der Waals surface area contributed by atoms with Crippen LogP contribution in [0.15, 0.2) is 18.3 Å². The number of hydrogen-bond acceptors (Lipinski definition) is 0. The van der Waals surface area contributed by atoms with E-state index in [0.29, 0.717) is 0 Å². The van der Waals surface area contributed by atoms with Crippen LogP contribution in [0.4, 0.5) is 0 Å². The van der Waals surface area contributed by atoms with Crippen LogP contribution in [0.25, 0.3) is 0 Å². The summed E-state index contributed by atoms with van der Waals surface area (Å²) < 4.78 is 2.86. The maximum atomic E-state index is 4.01. The minimum atomic E-state index is 0.734. The zero-order chi connectivity index (χ0) is 8.48. The Balaban J connectivity index is 2.72. The average Bonchev–Trinajstić information content (AvgIpc) is 2.12. The van der Waals surface area contributed by atoms with Gasteiger partial charge in [-0.15, -0.1) is 7.05 Å². The summed E-state index contributed by atoms with van der Waals surface area (Å²) in [7, 11) is 10.3. The van der Waals surface area contributed by atoms with E-state index in [9.17, 15) is 0 Å². The molecular weight excluding hydrogens is 136 g/mol. The van der Waals surface area contributed by atoms with Gasteiger partial charge in [0.05, 0.1) is 12.2 Å². The van der Waals surface area contributed by atoms with Gasteiger partial charge in [0, 0.05) is 27.3 Å². The van der Waals surface area contributed by atoms with Crippen molar-refractivity contribution in [1.29, 1.82) is 0 Å². The standard InChI is InChI=1S/C9H16N2/c1-10-7-5-6-9(10)8-11(2,3)4/h5-7H,2,8H2,1,3-4H3. The van der Waals surface area contributed by atoms with Crippen LogP contribution in [0.2, 0.25) is 0 Å². The summed E-state index contributed by atoms with van der Waals surface area (Å²) in [6.45, 7) is 0.976. The molecule has 0 aliphatic rings. The van der Waals surface area contributed by atoms with Crippen LogP contribution in [-0.2, 0) is 13.6 Å². The van der Waals surface area contributed by atoms with Gasteiger partial charge in [0.1, 0.15) is 0 Å². The van der Waals surface area contributed by atoms with Crippen LogP contribution >= 0.6 is 0 Å². The SMILES string of the molecule is [CH2-][N+](C)(C)Cc1cccn1C. The molecule has 2 heteroatoms. The molecular formula is C9H16N2. The Hall–Kier alpha value is -0.760. The lowest BCUT2D eigenvalue weighted by atomic mass is 10.4. The summed E-state index contributed by atoms with van der Waals surface area (Å²) >= 11 is 0. The van der Waals surface area contributed by atoms with Crippen LogP contribution in [0, 0.1) is 7.05 Å². The second-order valence-corrected chi connectivity index (χ2v) is 3.70. The molecule has 0 saturated heterocycles. The van der Waals surface area contributed by atoms with Crippen LogP contribution in [0.1, 0.15) is 5.69 Å². The van der Waals surface area contributed by atoms with E-state index in [2.05, 4.69) is 51.1 Å². The van der Waals surface area contributed by atoms with Gasteiger partial charge >= 0.3 is 0 Å². The molecule has 2 nitrogen and oxygen atoms in total. The van der Waals surface area contributed by atoms with Crippen LogP contribution in [0.3, 0.4) is 0 Å². The second kappa shape index (κ2) is 2.70. The molecule has 0 N–H and O–H groups in total. The Bertz CT molecular complexity index is 230. The zero-order valence-electron chi connectivity index (χ0n) is 7.54. The van der Waals surface area contributed by atoms with Crippen molar-refractivity contribution >= 4 is 0 Å². The lowest BCUT2D eigenvalue weighted by Gasteiger charge is -2.32. The van der Waals surface area contributed by atoms with Crippen molar-refractivity contribution in [2.75, 3.05) is 14.1 Å². The lowest BCUT2D eigenvalue weighted by molar-refractivity contribution is -0.859. The topological polar surface area (TPSA) is 4.93 Å². The fraction of sp³-hybridized carbons (Fsp3) is 0.444. The van der Waals surface area contributed by atoms with Crippen LogP contribution in [-0.4, -0.2) is 23.1 Å². The summed E-state index contributed by atoms with van der Waals surface area (Å²) in [4.78, 5) is 0. The van der Waals surface area contributed by atoms with Crippen molar-refractivity contribution in [3.05, 3.63) is 31.1 Å². The van der Waals surface area contributed by atoms with Gasteiger partial charge in [-0.2, -0.15) is 0 Å². The van der Waals surface area contributed by atoms with Crippen molar-refractivity contribution in [2.45, 2.75) is 6.54 Å². The first-order valence-corrected chi connectivity index (χ1v) is 3.76.